The molecule has 1 aliphatic rings. The summed E-state index contributed by atoms with van der Waals surface area (Å²) in [4.78, 5) is 19.1. The monoisotopic (exact) mass is 301 g/mol. The van der Waals surface area contributed by atoms with Crippen LogP contribution < -0.4 is 4.74 Å². The van der Waals surface area contributed by atoms with Crippen LogP contribution in [0.3, 0.4) is 0 Å². The molecule has 0 aliphatic carbocycles. The molecule has 9 heteroatoms. The Kier molecular flexibility index (Phi) is 4.47. The quantitative estimate of drug-likeness (QED) is 0.628. The van der Waals surface area contributed by atoms with Crippen LogP contribution in [0.5, 0.6) is 6.01 Å². The standard InChI is InChI=1S/C12H10F3N3O3/c13-12(14,15)9-3-4-16-10(17-9)20-7-2-1-5-18-6-8-21-11(18)19/h3-4H,2,6-8H2. The highest BCUT2D eigenvalue weighted by Crippen LogP contribution is 2.27. The summed E-state index contributed by atoms with van der Waals surface area (Å²) < 4.78 is 46.8. The van der Waals surface area contributed by atoms with Crippen LogP contribution in [0.1, 0.15) is 12.1 Å². The topological polar surface area (TPSA) is 64.5 Å². The molecule has 0 N–H and O–H groups in total. The minimum atomic E-state index is -4.54. The van der Waals surface area contributed by atoms with Crippen LogP contribution >= 0.6 is 0 Å². The van der Waals surface area contributed by atoms with Crippen molar-refractivity contribution in [3.05, 3.63) is 18.0 Å². The number of ether oxygens (including phenoxy) is 2. The summed E-state index contributed by atoms with van der Waals surface area (Å²) in [7, 11) is 0. The van der Waals surface area contributed by atoms with E-state index in [9.17, 15) is 18.0 Å². The van der Waals surface area contributed by atoms with Gasteiger partial charge in [0, 0.05) is 18.7 Å². The Morgan fingerprint density at radius 2 is 2.29 bits per heavy atom. The molecule has 2 heterocycles. The molecule has 2 rings (SSSR count). The predicted molar refractivity (Wildman–Crippen MR) is 63.0 cm³/mol. The summed E-state index contributed by atoms with van der Waals surface area (Å²) in [6, 6.07) is 2.95. The van der Waals surface area contributed by atoms with Crippen LogP contribution in [0.15, 0.2) is 12.3 Å². The van der Waals surface area contributed by atoms with Gasteiger partial charge in [-0.3, -0.25) is 0 Å². The van der Waals surface area contributed by atoms with Crippen molar-refractivity contribution in [1.29, 1.82) is 0 Å². The van der Waals surface area contributed by atoms with E-state index in [1.165, 1.54) is 4.90 Å². The third-order valence-corrected chi connectivity index (χ3v) is 2.36. The van der Waals surface area contributed by atoms with Gasteiger partial charge in [0.1, 0.15) is 13.2 Å². The zero-order valence-electron chi connectivity index (χ0n) is 10.7. The van der Waals surface area contributed by atoms with Crippen LogP contribution in [0.25, 0.3) is 0 Å². The largest absolute Gasteiger partial charge is 0.462 e. The zero-order chi connectivity index (χ0) is 15.3. The van der Waals surface area contributed by atoms with Gasteiger partial charge < -0.3 is 9.47 Å². The lowest BCUT2D eigenvalue weighted by Crippen LogP contribution is -2.17. The second kappa shape index (κ2) is 6.30. The normalized spacial score (nSPS) is 14.4. The van der Waals surface area contributed by atoms with Crippen LogP contribution in [-0.2, 0) is 10.9 Å². The van der Waals surface area contributed by atoms with Gasteiger partial charge in [-0.05, 0) is 6.07 Å². The Morgan fingerprint density at radius 1 is 1.48 bits per heavy atom. The number of carbonyl (C=O) groups is 1. The van der Waals surface area contributed by atoms with Crippen LogP contribution in [-0.4, -0.2) is 40.7 Å². The van der Waals surface area contributed by atoms with Gasteiger partial charge in [0.25, 0.3) is 0 Å². The summed E-state index contributed by atoms with van der Waals surface area (Å²) in [6.45, 7) is 0.697. The lowest BCUT2D eigenvalue weighted by molar-refractivity contribution is -0.141. The Morgan fingerprint density at radius 3 is 2.95 bits per heavy atom. The zero-order valence-corrected chi connectivity index (χ0v) is 10.7. The van der Waals surface area contributed by atoms with E-state index < -0.39 is 18.0 Å². The van der Waals surface area contributed by atoms with Crippen molar-refractivity contribution in [1.82, 2.24) is 14.9 Å². The second-order valence-electron chi connectivity index (χ2n) is 3.88. The molecule has 0 unspecified atom stereocenters. The molecule has 0 saturated carbocycles. The van der Waals surface area contributed by atoms with Crippen molar-refractivity contribution in [2.75, 3.05) is 19.8 Å². The number of hydrogen-bond acceptors (Lipinski definition) is 5. The minimum absolute atomic E-state index is 0.0111. The van der Waals surface area contributed by atoms with Crippen molar-refractivity contribution >= 4 is 6.09 Å². The molecule has 1 aliphatic heterocycles. The van der Waals surface area contributed by atoms with E-state index in [0.717, 1.165) is 12.3 Å². The highest BCUT2D eigenvalue weighted by molar-refractivity contribution is 5.71. The molecule has 0 aromatic carbocycles. The molecule has 0 bridgehead atoms. The summed E-state index contributed by atoms with van der Waals surface area (Å²) in [6.07, 6.45) is -3.87. The molecule has 112 valence electrons. The SMILES string of the molecule is O=C1OCCN1C#CCCOc1nccc(C(F)(F)F)n1. The molecule has 0 radical (unpaired) electrons. The molecule has 1 aromatic heterocycles. The first-order valence-corrected chi connectivity index (χ1v) is 5.92. The highest BCUT2D eigenvalue weighted by Gasteiger charge is 2.33. The van der Waals surface area contributed by atoms with Crippen LogP contribution in [0.4, 0.5) is 18.0 Å². The smallest absolute Gasteiger partial charge is 0.433 e. The molecule has 21 heavy (non-hydrogen) atoms. The van der Waals surface area contributed by atoms with E-state index in [0.29, 0.717) is 13.2 Å². The van der Waals surface area contributed by atoms with Gasteiger partial charge >= 0.3 is 18.3 Å². The van der Waals surface area contributed by atoms with Crippen LogP contribution in [0.2, 0.25) is 0 Å². The first kappa shape index (κ1) is 14.9. The Labute approximate surface area is 117 Å². The summed E-state index contributed by atoms with van der Waals surface area (Å²) in [5, 5.41) is 0. The second-order valence-corrected chi connectivity index (χ2v) is 3.88. The number of nitrogens with zero attached hydrogens (tertiary/aromatic N) is 3. The first-order valence-electron chi connectivity index (χ1n) is 5.92. The predicted octanol–water partition coefficient (Wildman–Crippen LogP) is 1.68. The number of halogens is 3. The maximum atomic E-state index is 12.4. The number of aromatic nitrogens is 2. The van der Waals surface area contributed by atoms with Gasteiger partial charge in [-0.15, -0.1) is 0 Å². The van der Waals surface area contributed by atoms with E-state index in [-0.39, 0.29) is 19.0 Å². The molecule has 1 amide bonds. The third kappa shape index (κ3) is 4.24. The fraction of sp³-hybridized carbons (Fsp3) is 0.417. The third-order valence-electron chi connectivity index (χ3n) is 2.36. The minimum Gasteiger partial charge on any atom is -0.462 e. The van der Waals surface area contributed by atoms with E-state index in [2.05, 4.69) is 26.7 Å². The number of hydrogen-bond donors (Lipinski definition) is 0. The number of carbonyl (C=O) groups excluding carboxylic acids is 1. The Balaban J connectivity index is 1.81. The van der Waals surface area contributed by atoms with Gasteiger partial charge in [0.2, 0.25) is 0 Å². The fourth-order valence-electron chi connectivity index (χ4n) is 1.41. The van der Waals surface area contributed by atoms with E-state index in [4.69, 9.17) is 4.74 Å². The maximum Gasteiger partial charge on any atom is 0.433 e. The molecule has 0 atom stereocenters. The average Bonchev–Trinajstić information content (AvgIpc) is 2.83. The van der Waals surface area contributed by atoms with Gasteiger partial charge in [0.05, 0.1) is 6.54 Å². The Hall–Kier alpha value is -2.50. The summed E-state index contributed by atoms with van der Waals surface area (Å²) in [5.74, 6) is 2.65. The molecule has 1 saturated heterocycles. The van der Waals surface area contributed by atoms with Crippen molar-refractivity contribution in [2.45, 2.75) is 12.6 Å². The fourth-order valence-corrected chi connectivity index (χ4v) is 1.41. The Bertz CT molecular complexity index is 580. The lowest BCUT2D eigenvalue weighted by atomic mass is 10.4. The number of rotatable bonds is 3. The average molecular weight is 301 g/mol. The van der Waals surface area contributed by atoms with Gasteiger partial charge in [0.15, 0.2) is 5.69 Å². The molecule has 6 nitrogen and oxygen atoms in total. The van der Waals surface area contributed by atoms with Gasteiger partial charge in [-0.2, -0.15) is 18.2 Å². The van der Waals surface area contributed by atoms with E-state index >= 15 is 0 Å². The first-order chi connectivity index (χ1) is 9.97. The number of alkyl halides is 3. The molecule has 0 spiro atoms. The maximum absolute atomic E-state index is 12.4. The number of amides is 1. The van der Waals surface area contributed by atoms with Crippen molar-refractivity contribution < 1.29 is 27.4 Å². The molecular weight excluding hydrogens is 291 g/mol. The van der Waals surface area contributed by atoms with Crippen molar-refractivity contribution in [3.8, 4) is 18.0 Å². The summed E-state index contributed by atoms with van der Waals surface area (Å²) in [5.41, 5.74) is -1.07. The van der Waals surface area contributed by atoms with Gasteiger partial charge in [-0.1, -0.05) is 5.92 Å². The van der Waals surface area contributed by atoms with Crippen molar-refractivity contribution in [2.24, 2.45) is 0 Å². The molecule has 1 fully saturated rings. The number of cyclic esters (lactones) is 1. The lowest BCUT2D eigenvalue weighted by Gasteiger charge is -2.07. The molecule has 1 aromatic rings. The van der Waals surface area contributed by atoms with Crippen LogP contribution in [0, 0.1) is 12.0 Å². The van der Waals surface area contributed by atoms with Gasteiger partial charge in [-0.25, -0.2) is 14.7 Å². The van der Waals surface area contributed by atoms with E-state index in [1.807, 2.05) is 0 Å². The highest BCUT2D eigenvalue weighted by atomic mass is 19.4. The van der Waals surface area contributed by atoms with Crippen molar-refractivity contribution in [3.63, 3.8) is 0 Å². The van der Waals surface area contributed by atoms with E-state index in [1.54, 1.807) is 0 Å². The summed E-state index contributed by atoms with van der Waals surface area (Å²) >= 11 is 0. The molecular formula is C12H10F3N3O3.